The number of carbonyl (C=O) groups is 1. The lowest BCUT2D eigenvalue weighted by atomic mass is 10.1. The molecule has 1 fully saturated rings. The molecule has 0 unspecified atom stereocenters. The summed E-state index contributed by atoms with van der Waals surface area (Å²) in [5.74, 6) is 0.678. The van der Waals surface area contributed by atoms with E-state index < -0.39 is 6.16 Å². The molecule has 0 bridgehead atoms. The highest BCUT2D eigenvalue weighted by molar-refractivity contribution is 5.60. The molecule has 0 aliphatic carbocycles. The van der Waals surface area contributed by atoms with E-state index in [9.17, 15) is 4.79 Å². The molecule has 1 aliphatic rings. The SMILES string of the molecule is CCc1ccc(OCOC(=O)OC2CCNCC2)cc1. The van der Waals surface area contributed by atoms with Crippen molar-refractivity contribution in [3.05, 3.63) is 29.8 Å². The van der Waals surface area contributed by atoms with Gasteiger partial charge >= 0.3 is 6.16 Å². The maximum Gasteiger partial charge on any atom is 0.511 e. The second-order valence-electron chi connectivity index (χ2n) is 4.72. The standard InChI is InChI=1S/C15H21NO4/c1-2-12-3-5-13(6-4-12)18-11-19-15(17)20-14-7-9-16-10-8-14/h3-6,14,16H,2,7-11H2,1H3. The second kappa shape index (κ2) is 7.75. The third kappa shape index (κ3) is 4.74. The van der Waals surface area contributed by atoms with Gasteiger partial charge in [-0.05, 0) is 50.0 Å². The molecule has 20 heavy (non-hydrogen) atoms. The third-order valence-corrected chi connectivity index (χ3v) is 3.28. The van der Waals surface area contributed by atoms with E-state index in [0.717, 1.165) is 32.4 Å². The Morgan fingerprint density at radius 2 is 1.95 bits per heavy atom. The zero-order valence-electron chi connectivity index (χ0n) is 11.8. The summed E-state index contributed by atoms with van der Waals surface area (Å²) in [6.07, 6.45) is 1.93. The Kier molecular flexibility index (Phi) is 5.68. The first-order valence-corrected chi connectivity index (χ1v) is 7.04. The topological polar surface area (TPSA) is 56.8 Å². The fourth-order valence-electron chi connectivity index (χ4n) is 2.05. The van der Waals surface area contributed by atoms with Gasteiger partial charge in [0.05, 0.1) is 0 Å². The predicted octanol–water partition coefficient (Wildman–Crippen LogP) is 2.49. The Bertz CT molecular complexity index is 412. The normalized spacial score (nSPS) is 15.7. The van der Waals surface area contributed by atoms with Crippen LogP contribution in [0, 0.1) is 0 Å². The summed E-state index contributed by atoms with van der Waals surface area (Å²) in [4.78, 5) is 11.5. The van der Waals surface area contributed by atoms with Crippen LogP contribution in [-0.4, -0.2) is 32.1 Å². The monoisotopic (exact) mass is 279 g/mol. The van der Waals surface area contributed by atoms with Crippen LogP contribution in [0.3, 0.4) is 0 Å². The molecular formula is C15H21NO4. The number of hydrogen-bond donors (Lipinski definition) is 1. The molecule has 110 valence electrons. The first kappa shape index (κ1) is 14.7. The second-order valence-corrected chi connectivity index (χ2v) is 4.72. The molecular weight excluding hydrogens is 258 g/mol. The van der Waals surface area contributed by atoms with Gasteiger partial charge in [0, 0.05) is 0 Å². The molecule has 2 rings (SSSR count). The molecule has 1 aromatic rings. The molecule has 1 N–H and O–H groups in total. The fourth-order valence-corrected chi connectivity index (χ4v) is 2.05. The van der Waals surface area contributed by atoms with E-state index in [1.807, 2.05) is 24.3 Å². The Morgan fingerprint density at radius 1 is 1.25 bits per heavy atom. The lowest BCUT2D eigenvalue weighted by molar-refractivity contribution is -0.0210. The van der Waals surface area contributed by atoms with E-state index in [-0.39, 0.29) is 12.9 Å². The van der Waals surface area contributed by atoms with Crippen molar-refractivity contribution in [1.29, 1.82) is 0 Å². The minimum absolute atomic E-state index is 0.0485. The minimum Gasteiger partial charge on any atom is -0.457 e. The summed E-state index contributed by atoms with van der Waals surface area (Å²) < 4.78 is 15.4. The quantitative estimate of drug-likeness (QED) is 0.663. The van der Waals surface area contributed by atoms with Crippen molar-refractivity contribution in [2.75, 3.05) is 19.9 Å². The van der Waals surface area contributed by atoms with E-state index in [4.69, 9.17) is 14.2 Å². The lowest BCUT2D eigenvalue weighted by Gasteiger charge is -2.22. The van der Waals surface area contributed by atoms with Crippen molar-refractivity contribution in [2.24, 2.45) is 0 Å². The molecule has 0 atom stereocenters. The number of piperidine rings is 1. The van der Waals surface area contributed by atoms with Crippen LogP contribution in [0.25, 0.3) is 0 Å². The molecule has 0 aromatic heterocycles. The van der Waals surface area contributed by atoms with Crippen LogP contribution in [0.1, 0.15) is 25.3 Å². The molecule has 5 heteroatoms. The van der Waals surface area contributed by atoms with Gasteiger partial charge in [-0.3, -0.25) is 0 Å². The van der Waals surface area contributed by atoms with Gasteiger partial charge in [-0.1, -0.05) is 19.1 Å². The fraction of sp³-hybridized carbons (Fsp3) is 0.533. The number of benzene rings is 1. The van der Waals surface area contributed by atoms with Gasteiger partial charge in [-0.2, -0.15) is 0 Å². The van der Waals surface area contributed by atoms with Gasteiger partial charge in [-0.15, -0.1) is 0 Å². The van der Waals surface area contributed by atoms with Crippen LogP contribution in [-0.2, 0) is 15.9 Å². The van der Waals surface area contributed by atoms with Gasteiger partial charge in [0.25, 0.3) is 0 Å². The number of hydrogen-bond acceptors (Lipinski definition) is 5. The van der Waals surface area contributed by atoms with Gasteiger partial charge in [-0.25, -0.2) is 4.79 Å². The van der Waals surface area contributed by atoms with Gasteiger partial charge in [0.2, 0.25) is 6.79 Å². The largest absolute Gasteiger partial charge is 0.511 e. The van der Waals surface area contributed by atoms with Crippen LogP contribution in [0.5, 0.6) is 5.75 Å². The zero-order chi connectivity index (χ0) is 14.2. The first-order chi connectivity index (χ1) is 9.78. The van der Waals surface area contributed by atoms with Crippen molar-refractivity contribution >= 4 is 6.16 Å². The summed E-state index contributed by atoms with van der Waals surface area (Å²) >= 11 is 0. The number of carbonyl (C=O) groups excluding carboxylic acids is 1. The summed E-state index contributed by atoms with van der Waals surface area (Å²) in [5, 5.41) is 3.21. The molecule has 0 spiro atoms. The van der Waals surface area contributed by atoms with Crippen molar-refractivity contribution in [1.82, 2.24) is 5.32 Å². The van der Waals surface area contributed by atoms with Crippen LogP contribution in [0.2, 0.25) is 0 Å². The summed E-state index contributed by atoms with van der Waals surface area (Å²) in [6, 6.07) is 7.70. The number of ether oxygens (including phenoxy) is 3. The maximum atomic E-state index is 11.5. The van der Waals surface area contributed by atoms with Crippen molar-refractivity contribution in [2.45, 2.75) is 32.3 Å². The molecule has 0 radical (unpaired) electrons. The average Bonchev–Trinajstić information content (AvgIpc) is 2.49. The number of aryl methyl sites for hydroxylation is 1. The van der Waals surface area contributed by atoms with Crippen molar-refractivity contribution < 1.29 is 19.0 Å². The molecule has 1 aliphatic heterocycles. The number of rotatable bonds is 5. The predicted molar refractivity (Wildman–Crippen MR) is 74.8 cm³/mol. The zero-order valence-corrected chi connectivity index (χ0v) is 11.8. The Labute approximate surface area is 119 Å². The van der Waals surface area contributed by atoms with Crippen molar-refractivity contribution in [3.8, 4) is 5.75 Å². The highest BCUT2D eigenvalue weighted by atomic mass is 16.8. The van der Waals surface area contributed by atoms with Crippen LogP contribution >= 0.6 is 0 Å². The van der Waals surface area contributed by atoms with E-state index in [2.05, 4.69) is 12.2 Å². The van der Waals surface area contributed by atoms with Crippen LogP contribution in [0.15, 0.2) is 24.3 Å². The van der Waals surface area contributed by atoms with E-state index in [0.29, 0.717) is 5.75 Å². The molecule has 1 saturated heterocycles. The third-order valence-electron chi connectivity index (χ3n) is 3.28. The van der Waals surface area contributed by atoms with E-state index in [1.54, 1.807) is 0 Å². The molecule has 1 aromatic carbocycles. The lowest BCUT2D eigenvalue weighted by Crippen LogP contribution is -2.34. The highest BCUT2D eigenvalue weighted by Crippen LogP contribution is 2.13. The molecule has 1 heterocycles. The Morgan fingerprint density at radius 3 is 2.60 bits per heavy atom. The van der Waals surface area contributed by atoms with E-state index >= 15 is 0 Å². The number of nitrogens with one attached hydrogen (secondary N) is 1. The van der Waals surface area contributed by atoms with E-state index in [1.165, 1.54) is 5.56 Å². The summed E-state index contributed by atoms with van der Waals surface area (Å²) in [6.45, 7) is 3.71. The average molecular weight is 279 g/mol. The molecule has 0 saturated carbocycles. The summed E-state index contributed by atoms with van der Waals surface area (Å²) in [7, 11) is 0. The van der Waals surface area contributed by atoms with Crippen LogP contribution < -0.4 is 10.1 Å². The Hall–Kier alpha value is -1.75. The van der Waals surface area contributed by atoms with Gasteiger partial charge in [0.1, 0.15) is 11.9 Å². The highest BCUT2D eigenvalue weighted by Gasteiger charge is 2.18. The summed E-state index contributed by atoms with van der Waals surface area (Å²) in [5.41, 5.74) is 1.24. The maximum absolute atomic E-state index is 11.5. The minimum atomic E-state index is -0.665. The molecule has 0 amide bonds. The molecule has 5 nitrogen and oxygen atoms in total. The van der Waals surface area contributed by atoms with Gasteiger partial charge in [0.15, 0.2) is 0 Å². The van der Waals surface area contributed by atoms with Gasteiger partial charge < -0.3 is 19.5 Å². The van der Waals surface area contributed by atoms with Crippen LogP contribution in [0.4, 0.5) is 4.79 Å². The van der Waals surface area contributed by atoms with Crippen molar-refractivity contribution in [3.63, 3.8) is 0 Å². The Balaban J connectivity index is 1.65. The smallest absolute Gasteiger partial charge is 0.457 e. The first-order valence-electron chi connectivity index (χ1n) is 7.04.